The van der Waals surface area contributed by atoms with E-state index in [-0.39, 0.29) is 0 Å². The molecule has 1 aliphatic rings. The predicted octanol–water partition coefficient (Wildman–Crippen LogP) is 3.95. The second kappa shape index (κ2) is 4.09. The van der Waals surface area contributed by atoms with Crippen LogP contribution < -0.4 is 5.46 Å². The van der Waals surface area contributed by atoms with E-state index in [9.17, 15) is 0 Å². The Bertz CT molecular complexity index is 1320. The smallest absolute Gasteiger partial charge is 0.220 e. The van der Waals surface area contributed by atoms with Crippen molar-refractivity contribution in [3.63, 3.8) is 0 Å². The van der Waals surface area contributed by atoms with Crippen molar-refractivity contribution in [1.82, 2.24) is 14.0 Å². The third kappa shape index (κ3) is 1.33. The van der Waals surface area contributed by atoms with Crippen molar-refractivity contribution >= 4 is 57.0 Å². The van der Waals surface area contributed by atoms with Gasteiger partial charge in [0.1, 0.15) is 0 Å². The van der Waals surface area contributed by atoms with Gasteiger partial charge in [-0.25, -0.2) is 4.98 Å². The number of nitrogens with zero attached hydrogens (tertiary/aromatic N) is 3. The molecule has 0 fully saturated rings. The number of aromatic nitrogens is 3. The highest BCUT2D eigenvalue weighted by Crippen LogP contribution is 2.32. The number of para-hydroxylation sites is 2. The second-order valence-electron chi connectivity index (χ2n) is 6.61. The van der Waals surface area contributed by atoms with Crippen LogP contribution in [0.2, 0.25) is 6.82 Å². The van der Waals surface area contributed by atoms with Crippen LogP contribution in [0.15, 0.2) is 60.6 Å². The zero-order valence-electron chi connectivity index (χ0n) is 13.3. The van der Waals surface area contributed by atoms with Gasteiger partial charge in [-0.3, -0.25) is 8.97 Å². The Labute approximate surface area is 138 Å². The number of hydrogen-bond donors (Lipinski definition) is 0. The maximum absolute atomic E-state index is 4.93. The quantitative estimate of drug-likeness (QED) is 0.397. The molecule has 0 aliphatic carbocycles. The van der Waals surface area contributed by atoms with Gasteiger partial charge in [0, 0.05) is 11.6 Å². The molecule has 3 aromatic carbocycles. The lowest BCUT2D eigenvalue weighted by Gasteiger charge is -2.21. The van der Waals surface area contributed by atoms with Gasteiger partial charge in [0.2, 0.25) is 12.5 Å². The van der Waals surface area contributed by atoms with Gasteiger partial charge in [0.25, 0.3) is 0 Å². The monoisotopic (exact) mass is 307 g/mol. The summed E-state index contributed by atoms with van der Waals surface area (Å²) in [5, 5.41) is 2.60. The molecule has 1 aliphatic heterocycles. The van der Waals surface area contributed by atoms with E-state index < -0.39 is 0 Å². The highest BCUT2D eigenvalue weighted by molar-refractivity contribution is 6.79. The van der Waals surface area contributed by atoms with E-state index in [2.05, 4.69) is 82.6 Å². The first-order valence-corrected chi connectivity index (χ1v) is 8.34. The minimum atomic E-state index is 0.421. The van der Waals surface area contributed by atoms with Crippen LogP contribution in [0.3, 0.4) is 0 Å². The Balaban J connectivity index is 2.05. The van der Waals surface area contributed by atoms with E-state index in [4.69, 9.17) is 4.98 Å². The summed E-state index contributed by atoms with van der Waals surface area (Å²) in [4.78, 5) is 4.93. The summed E-state index contributed by atoms with van der Waals surface area (Å²) < 4.78 is 4.54. The fourth-order valence-electron chi connectivity index (χ4n) is 4.14. The van der Waals surface area contributed by atoms with Crippen molar-refractivity contribution in [1.29, 1.82) is 0 Å². The molecule has 0 bridgehead atoms. The molecule has 0 spiro atoms. The summed E-state index contributed by atoms with van der Waals surface area (Å²) in [6.45, 7) is 2.68. The molecule has 3 nitrogen and oxygen atoms in total. The molecule has 112 valence electrons. The topological polar surface area (TPSA) is 22.2 Å². The zero-order chi connectivity index (χ0) is 15.8. The average Bonchev–Trinajstić information content (AvgIpc) is 3.01. The Kier molecular flexibility index (Phi) is 2.12. The second-order valence-corrected chi connectivity index (χ2v) is 6.61. The molecule has 4 heteroatoms. The fraction of sp³-hybridized carbons (Fsp3) is 0.0500. The first-order valence-electron chi connectivity index (χ1n) is 8.34. The number of fused-ring (bicyclic) bond motifs is 5. The maximum atomic E-state index is 4.93. The Morgan fingerprint density at radius 3 is 2.75 bits per heavy atom. The molecule has 3 heterocycles. The van der Waals surface area contributed by atoms with Crippen molar-refractivity contribution in [2.45, 2.75) is 6.82 Å². The van der Waals surface area contributed by atoms with Crippen LogP contribution in [0, 0.1) is 0 Å². The summed E-state index contributed by atoms with van der Waals surface area (Å²) in [5.74, 6) is 3.23. The van der Waals surface area contributed by atoms with E-state index in [1.807, 2.05) is 0 Å². The molecule has 0 unspecified atom stereocenters. The lowest BCUT2D eigenvalue weighted by molar-refractivity contribution is 1.12. The third-order valence-electron chi connectivity index (χ3n) is 5.28. The van der Waals surface area contributed by atoms with Crippen LogP contribution in [0.1, 0.15) is 0 Å². The minimum absolute atomic E-state index is 0.421. The van der Waals surface area contributed by atoms with E-state index in [1.165, 1.54) is 27.3 Å². The lowest BCUT2D eigenvalue weighted by Crippen LogP contribution is -2.30. The molecule has 0 radical (unpaired) electrons. The van der Waals surface area contributed by atoms with Gasteiger partial charge < -0.3 is 0 Å². The van der Waals surface area contributed by atoms with Crippen molar-refractivity contribution in [3.8, 4) is 0 Å². The largest absolute Gasteiger partial charge is 0.288 e. The molecular formula is C20H14BN3. The first kappa shape index (κ1) is 12.4. The number of imidazole rings is 1. The van der Waals surface area contributed by atoms with Gasteiger partial charge in [-0.05, 0) is 23.6 Å². The average molecular weight is 307 g/mol. The van der Waals surface area contributed by atoms with Crippen molar-refractivity contribution in [3.05, 3.63) is 60.6 Å². The molecule has 24 heavy (non-hydrogen) atoms. The number of rotatable bonds is 0. The van der Waals surface area contributed by atoms with Gasteiger partial charge in [0.05, 0.1) is 22.1 Å². The number of hydrogen-bond acceptors (Lipinski definition) is 1. The normalized spacial score (nSPS) is 13.8. The maximum Gasteiger partial charge on any atom is 0.220 e. The van der Waals surface area contributed by atoms with E-state index in [0.717, 1.165) is 16.8 Å². The Morgan fingerprint density at radius 2 is 1.79 bits per heavy atom. The van der Waals surface area contributed by atoms with Crippen molar-refractivity contribution < 1.29 is 0 Å². The number of benzene rings is 3. The summed E-state index contributed by atoms with van der Waals surface area (Å²) >= 11 is 0. The molecule has 0 N–H and O–H groups in total. The van der Waals surface area contributed by atoms with Crippen LogP contribution in [-0.2, 0) is 0 Å². The Morgan fingerprint density at radius 1 is 0.917 bits per heavy atom. The van der Waals surface area contributed by atoms with Crippen LogP contribution in [0.4, 0.5) is 0 Å². The predicted molar refractivity (Wildman–Crippen MR) is 102 cm³/mol. The summed E-state index contributed by atoms with van der Waals surface area (Å²) in [6, 6.07) is 19.4. The van der Waals surface area contributed by atoms with Gasteiger partial charge in [0.15, 0.2) is 0 Å². The van der Waals surface area contributed by atoms with Crippen molar-refractivity contribution in [2.24, 2.45) is 0 Å². The molecular weight excluding hydrogens is 293 g/mol. The molecule has 6 rings (SSSR count). The van der Waals surface area contributed by atoms with Gasteiger partial charge in [-0.1, -0.05) is 54.7 Å². The lowest BCUT2D eigenvalue weighted by atomic mass is 9.46. The van der Waals surface area contributed by atoms with E-state index >= 15 is 0 Å². The first-order chi connectivity index (χ1) is 11.8. The third-order valence-corrected chi connectivity index (χ3v) is 5.28. The summed E-state index contributed by atoms with van der Waals surface area (Å²) in [6.07, 6.45) is 2.18. The molecule has 5 aromatic rings. The minimum Gasteiger partial charge on any atom is -0.288 e. The van der Waals surface area contributed by atoms with Crippen LogP contribution >= 0.6 is 0 Å². The molecule has 0 atom stereocenters. The molecule has 0 saturated heterocycles. The zero-order valence-corrected chi connectivity index (χ0v) is 13.3. The molecule has 0 saturated carbocycles. The molecule has 2 aromatic heterocycles. The fourth-order valence-corrected chi connectivity index (χ4v) is 4.14. The summed E-state index contributed by atoms with van der Waals surface area (Å²) in [5.41, 5.74) is 6.08. The van der Waals surface area contributed by atoms with Crippen LogP contribution in [0.5, 0.6) is 0 Å². The van der Waals surface area contributed by atoms with Crippen molar-refractivity contribution in [2.75, 3.05) is 0 Å². The van der Waals surface area contributed by atoms with Gasteiger partial charge >= 0.3 is 0 Å². The standard InChI is InChI=1S/C20H14BN3/c1-21-11-12-23-19-14(21)10-9-13-5-4-8-17(18(13)19)24-16-7-3-2-6-15(16)22-20(23)24/h2-12H,1H3. The van der Waals surface area contributed by atoms with Gasteiger partial charge in [-0.2, -0.15) is 0 Å². The Hall–Kier alpha value is -3.01. The van der Waals surface area contributed by atoms with Crippen LogP contribution in [0.25, 0.3) is 44.8 Å². The van der Waals surface area contributed by atoms with E-state index in [1.54, 1.807) is 0 Å². The summed E-state index contributed by atoms with van der Waals surface area (Å²) in [7, 11) is 0. The molecule has 0 amide bonds. The highest BCUT2D eigenvalue weighted by atomic mass is 15.2. The van der Waals surface area contributed by atoms with Gasteiger partial charge in [-0.15, -0.1) is 0 Å². The SMILES string of the molecule is CB1C=Cn2c3c1ccc1cccc(c13)n1c3ccccc3nc21. The van der Waals surface area contributed by atoms with E-state index in [0.29, 0.717) is 6.71 Å². The van der Waals surface area contributed by atoms with Crippen LogP contribution in [-0.4, -0.2) is 20.7 Å². The highest BCUT2D eigenvalue weighted by Gasteiger charge is 2.22.